The molecule has 0 spiro atoms. The van der Waals surface area contributed by atoms with Crippen LogP contribution in [-0.4, -0.2) is 24.3 Å². The zero-order valence-electron chi connectivity index (χ0n) is 14.8. The number of aromatic nitrogens is 2. The number of pyridine rings is 2. The van der Waals surface area contributed by atoms with Crippen LogP contribution in [0.2, 0.25) is 0 Å². The first-order valence-corrected chi connectivity index (χ1v) is 9.51. The highest BCUT2D eigenvalue weighted by molar-refractivity contribution is 7.92. The standard InChI is InChI=1S/C18H13F3N4O3S/c1-10(26)24-17-7-11(4-5-22-17)12-6-15(18(21)23-9-12)25-29(27,28)16-3-2-13(19)8-14(16)20/h2-9,25H,1H3,(H,22,24,26). The largest absolute Gasteiger partial charge is 0.311 e. The lowest BCUT2D eigenvalue weighted by Gasteiger charge is -2.11. The smallest absolute Gasteiger partial charge is 0.264 e. The number of hydrogen-bond acceptors (Lipinski definition) is 5. The predicted molar refractivity (Wildman–Crippen MR) is 98.9 cm³/mol. The quantitative estimate of drug-likeness (QED) is 0.615. The SMILES string of the molecule is CC(=O)Nc1cc(-c2cnc(F)c(NS(=O)(=O)c3ccc(F)cc3F)c2)ccn1. The Bertz CT molecular complexity index is 1200. The van der Waals surface area contributed by atoms with E-state index in [9.17, 15) is 26.4 Å². The third-order valence-electron chi connectivity index (χ3n) is 3.66. The molecular weight excluding hydrogens is 409 g/mol. The van der Waals surface area contributed by atoms with Gasteiger partial charge in [-0.3, -0.25) is 9.52 Å². The average molecular weight is 422 g/mol. The summed E-state index contributed by atoms with van der Waals surface area (Å²) in [5.41, 5.74) is 0.228. The average Bonchev–Trinajstić information content (AvgIpc) is 2.62. The van der Waals surface area contributed by atoms with Gasteiger partial charge in [0.1, 0.15) is 28.0 Å². The highest BCUT2D eigenvalue weighted by Crippen LogP contribution is 2.27. The zero-order valence-corrected chi connectivity index (χ0v) is 15.6. The van der Waals surface area contributed by atoms with E-state index < -0.39 is 38.2 Å². The van der Waals surface area contributed by atoms with E-state index in [2.05, 4.69) is 15.3 Å². The van der Waals surface area contributed by atoms with Gasteiger partial charge in [0, 0.05) is 30.9 Å². The van der Waals surface area contributed by atoms with E-state index in [1.165, 1.54) is 25.3 Å². The molecule has 2 aromatic heterocycles. The fraction of sp³-hybridized carbons (Fsp3) is 0.0556. The van der Waals surface area contributed by atoms with E-state index in [1.807, 2.05) is 4.72 Å². The second kappa shape index (κ2) is 7.87. The highest BCUT2D eigenvalue weighted by atomic mass is 32.2. The lowest BCUT2D eigenvalue weighted by molar-refractivity contribution is -0.114. The van der Waals surface area contributed by atoms with E-state index in [-0.39, 0.29) is 11.7 Å². The van der Waals surface area contributed by atoms with Gasteiger partial charge in [0.05, 0.1) is 0 Å². The molecular formula is C18H13F3N4O3S. The predicted octanol–water partition coefficient (Wildman–Crippen LogP) is 3.32. The van der Waals surface area contributed by atoms with Gasteiger partial charge >= 0.3 is 0 Å². The molecule has 0 fully saturated rings. The molecule has 29 heavy (non-hydrogen) atoms. The van der Waals surface area contributed by atoms with Crippen molar-refractivity contribution in [3.8, 4) is 11.1 Å². The Morgan fingerprint density at radius 1 is 1.00 bits per heavy atom. The molecule has 0 aliphatic carbocycles. The van der Waals surface area contributed by atoms with Crippen molar-refractivity contribution in [2.24, 2.45) is 0 Å². The molecule has 0 bridgehead atoms. The van der Waals surface area contributed by atoms with Crippen LogP contribution in [0.4, 0.5) is 24.7 Å². The summed E-state index contributed by atoms with van der Waals surface area (Å²) in [5, 5.41) is 2.48. The van der Waals surface area contributed by atoms with Crippen molar-refractivity contribution >= 4 is 27.4 Å². The second-order valence-corrected chi connectivity index (χ2v) is 7.50. The minimum Gasteiger partial charge on any atom is -0.311 e. The Hall–Kier alpha value is -3.47. The van der Waals surface area contributed by atoms with Crippen molar-refractivity contribution in [3.63, 3.8) is 0 Å². The molecule has 0 radical (unpaired) electrons. The van der Waals surface area contributed by atoms with Crippen LogP contribution in [0.1, 0.15) is 6.92 Å². The highest BCUT2D eigenvalue weighted by Gasteiger charge is 2.22. The normalized spacial score (nSPS) is 11.2. The fourth-order valence-corrected chi connectivity index (χ4v) is 3.53. The lowest BCUT2D eigenvalue weighted by Crippen LogP contribution is -2.16. The van der Waals surface area contributed by atoms with Crippen LogP contribution in [0.3, 0.4) is 0 Å². The summed E-state index contributed by atoms with van der Waals surface area (Å²) >= 11 is 0. The lowest BCUT2D eigenvalue weighted by atomic mass is 10.1. The minimum atomic E-state index is -4.55. The van der Waals surface area contributed by atoms with E-state index in [0.717, 1.165) is 24.4 Å². The second-order valence-electron chi connectivity index (χ2n) is 5.85. The van der Waals surface area contributed by atoms with Gasteiger partial charge in [-0.15, -0.1) is 0 Å². The van der Waals surface area contributed by atoms with E-state index in [0.29, 0.717) is 17.2 Å². The molecule has 1 aromatic carbocycles. The Kier molecular flexibility index (Phi) is 5.50. The Morgan fingerprint density at radius 3 is 2.45 bits per heavy atom. The van der Waals surface area contributed by atoms with Gasteiger partial charge in [-0.2, -0.15) is 4.39 Å². The summed E-state index contributed by atoms with van der Waals surface area (Å²) in [6.45, 7) is 1.30. The summed E-state index contributed by atoms with van der Waals surface area (Å²) in [4.78, 5) is 17.8. The number of hydrogen-bond donors (Lipinski definition) is 2. The van der Waals surface area contributed by atoms with Gasteiger partial charge in [-0.1, -0.05) is 0 Å². The third-order valence-corrected chi connectivity index (χ3v) is 5.06. The fourth-order valence-electron chi connectivity index (χ4n) is 2.43. The monoisotopic (exact) mass is 422 g/mol. The maximum atomic E-state index is 14.1. The molecule has 7 nitrogen and oxygen atoms in total. The van der Waals surface area contributed by atoms with Crippen LogP contribution in [-0.2, 0) is 14.8 Å². The Labute approximate surface area is 163 Å². The maximum Gasteiger partial charge on any atom is 0.264 e. The molecule has 150 valence electrons. The number of carbonyl (C=O) groups excluding carboxylic acids is 1. The van der Waals surface area contributed by atoms with Gasteiger partial charge in [0.25, 0.3) is 10.0 Å². The topological polar surface area (TPSA) is 101 Å². The van der Waals surface area contributed by atoms with Crippen molar-refractivity contribution in [2.75, 3.05) is 10.0 Å². The number of nitrogens with zero attached hydrogens (tertiary/aromatic N) is 2. The van der Waals surface area contributed by atoms with Crippen LogP contribution in [0.5, 0.6) is 0 Å². The first-order valence-electron chi connectivity index (χ1n) is 8.03. The summed E-state index contributed by atoms with van der Waals surface area (Å²) in [6.07, 6.45) is 2.54. The van der Waals surface area contributed by atoms with Crippen molar-refractivity contribution < 1.29 is 26.4 Å². The number of sulfonamides is 1. The number of nitrogens with one attached hydrogen (secondary N) is 2. The maximum absolute atomic E-state index is 14.1. The molecule has 0 aliphatic rings. The van der Waals surface area contributed by atoms with E-state index in [4.69, 9.17) is 0 Å². The van der Waals surface area contributed by atoms with E-state index >= 15 is 0 Å². The number of benzene rings is 1. The van der Waals surface area contributed by atoms with Crippen LogP contribution < -0.4 is 10.0 Å². The summed E-state index contributed by atoms with van der Waals surface area (Å²) in [7, 11) is -4.55. The molecule has 2 N–H and O–H groups in total. The van der Waals surface area contributed by atoms with Crippen molar-refractivity contribution in [1.82, 2.24) is 9.97 Å². The molecule has 0 saturated heterocycles. The van der Waals surface area contributed by atoms with Crippen LogP contribution in [0.25, 0.3) is 11.1 Å². The van der Waals surface area contributed by atoms with Gasteiger partial charge in [0.15, 0.2) is 0 Å². The molecule has 11 heteroatoms. The van der Waals surface area contributed by atoms with Crippen molar-refractivity contribution in [1.29, 1.82) is 0 Å². The number of anilines is 2. The molecule has 0 atom stereocenters. The van der Waals surface area contributed by atoms with Crippen LogP contribution >= 0.6 is 0 Å². The van der Waals surface area contributed by atoms with Gasteiger partial charge in [-0.25, -0.2) is 27.2 Å². The number of amides is 1. The number of rotatable bonds is 5. The van der Waals surface area contributed by atoms with Gasteiger partial charge in [-0.05, 0) is 35.9 Å². The molecule has 3 rings (SSSR count). The minimum absolute atomic E-state index is 0.231. The summed E-state index contributed by atoms with van der Waals surface area (Å²) in [6, 6.07) is 6.06. The summed E-state index contributed by atoms with van der Waals surface area (Å²) < 4.78 is 67.6. The molecule has 0 aliphatic heterocycles. The Balaban J connectivity index is 1.97. The first-order chi connectivity index (χ1) is 13.7. The molecule has 2 heterocycles. The van der Waals surface area contributed by atoms with Gasteiger partial charge in [0.2, 0.25) is 11.9 Å². The van der Waals surface area contributed by atoms with Crippen molar-refractivity contribution in [3.05, 3.63) is 66.4 Å². The van der Waals surface area contributed by atoms with E-state index in [1.54, 1.807) is 0 Å². The number of carbonyl (C=O) groups is 1. The third kappa shape index (κ3) is 4.69. The zero-order chi connectivity index (χ0) is 21.2. The molecule has 1 amide bonds. The molecule has 0 unspecified atom stereocenters. The van der Waals surface area contributed by atoms with Crippen LogP contribution in [0.15, 0.2) is 53.7 Å². The Morgan fingerprint density at radius 2 is 1.76 bits per heavy atom. The first kappa shape index (κ1) is 20.3. The van der Waals surface area contributed by atoms with Crippen molar-refractivity contribution in [2.45, 2.75) is 11.8 Å². The molecule has 0 saturated carbocycles. The molecule has 3 aromatic rings. The van der Waals surface area contributed by atoms with Crippen LogP contribution in [0, 0.1) is 17.6 Å². The number of halogens is 3. The summed E-state index contributed by atoms with van der Waals surface area (Å²) in [5.74, 6) is -3.53. The van der Waals surface area contributed by atoms with Gasteiger partial charge < -0.3 is 5.32 Å².